The number of carbonyl (C=O) groups excluding carboxylic acids is 5. The number of thiazole rings is 1. The molecule has 6 amide bonds. The van der Waals surface area contributed by atoms with Gasteiger partial charge in [-0.25, -0.2) is 9.78 Å². The van der Waals surface area contributed by atoms with Crippen LogP contribution < -0.4 is 21.3 Å². The monoisotopic (exact) mass is 750 g/mol. The van der Waals surface area contributed by atoms with Gasteiger partial charge in [-0.2, -0.15) is 12.6 Å². The molecule has 3 atom stereocenters. The fourth-order valence-corrected chi connectivity index (χ4v) is 6.94. The van der Waals surface area contributed by atoms with Crippen molar-refractivity contribution in [1.29, 1.82) is 0 Å². The second-order valence-electron chi connectivity index (χ2n) is 13.1. The lowest BCUT2D eigenvalue weighted by Crippen LogP contribution is -2.56. The van der Waals surface area contributed by atoms with Gasteiger partial charge in [-0.05, 0) is 58.4 Å². The fourth-order valence-electron chi connectivity index (χ4n) is 5.72. The van der Waals surface area contributed by atoms with Gasteiger partial charge in [-0.3, -0.25) is 19.2 Å². The zero-order valence-electron chi connectivity index (χ0n) is 30.4. The van der Waals surface area contributed by atoms with Crippen molar-refractivity contribution in [2.45, 2.75) is 70.0 Å². The molecule has 1 aromatic heterocycles. The number of hydrogen-bond donors (Lipinski definition) is 5. The number of carbonyl (C=O) groups is 5. The maximum Gasteiger partial charge on any atom is 0.318 e. The first-order chi connectivity index (χ1) is 24.9. The highest BCUT2D eigenvalue weighted by molar-refractivity contribution is 7.80. The van der Waals surface area contributed by atoms with E-state index in [1.807, 2.05) is 27.0 Å². The Hall–Kier alpha value is -4.47. The second-order valence-corrected chi connectivity index (χ2v) is 14.6. The van der Waals surface area contributed by atoms with Crippen LogP contribution in [-0.2, 0) is 14.4 Å². The second kappa shape index (κ2) is 19.4. The van der Waals surface area contributed by atoms with Crippen molar-refractivity contribution in [2.75, 3.05) is 45.6 Å². The number of thiol groups is 1. The predicted molar refractivity (Wildman–Crippen MR) is 207 cm³/mol. The molecule has 1 unspecified atom stereocenters. The van der Waals surface area contributed by atoms with Crippen molar-refractivity contribution in [1.82, 2.24) is 35.6 Å². The molecular formula is C37H50N8O5S2. The van der Waals surface area contributed by atoms with Crippen LogP contribution in [0.15, 0.2) is 60.0 Å². The summed E-state index contributed by atoms with van der Waals surface area (Å²) in [6.07, 6.45) is 1.89. The van der Waals surface area contributed by atoms with Gasteiger partial charge in [0.25, 0.3) is 11.8 Å². The van der Waals surface area contributed by atoms with Crippen molar-refractivity contribution in [3.63, 3.8) is 0 Å². The molecule has 1 aliphatic heterocycles. The lowest BCUT2D eigenvalue weighted by atomic mass is 10.0. The van der Waals surface area contributed by atoms with Crippen LogP contribution in [0.3, 0.4) is 0 Å². The molecule has 2 heterocycles. The minimum atomic E-state index is -1.08. The fraction of sp³-hybridized carbons (Fsp3) is 0.459. The Balaban J connectivity index is 1.55. The van der Waals surface area contributed by atoms with Crippen LogP contribution in [0, 0.1) is 0 Å². The quantitative estimate of drug-likeness (QED) is 0.0879. The van der Waals surface area contributed by atoms with Gasteiger partial charge in [0.05, 0.1) is 11.1 Å². The van der Waals surface area contributed by atoms with E-state index >= 15 is 0 Å². The molecule has 0 aliphatic carbocycles. The van der Waals surface area contributed by atoms with E-state index in [2.05, 4.69) is 31.2 Å². The Labute approximate surface area is 315 Å². The molecule has 13 nitrogen and oxygen atoms in total. The van der Waals surface area contributed by atoms with Crippen molar-refractivity contribution in [3.8, 4) is 11.3 Å². The molecule has 4 rings (SSSR count). The smallest absolute Gasteiger partial charge is 0.318 e. The van der Waals surface area contributed by atoms with E-state index in [4.69, 9.17) is 12.6 Å². The lowest BCUT2D eigenvalue weighted by molar-refractivity contribution is -0.140. The van der Waals surface area contributed by atoms with E-state index < -0.39 is 29.3 Å². The van der Waals surface area contributed by atoms with Crippen molar-refractivity contribution in [2.24, 2.45) is 0 Å². The number of aromatic nitrogens is 1. The van der Waals surface area contributed by atoms with E-state index in [0.29, 0.717) is 73.8 Å². The Morgan fingerprint density at radius 1 is 0.923 bits per heavy atom. The number of likely N-dealkylation sites (N-methyl/N-ethyl adjacent to an activating group) is 1. The largest absolute Gasteiger partial charge is 0.359 e. The zero-order chi connectivity index (χ0) is 37.8. The van der Waals surface area contributed by atoms with Crippen LogP contribution in [0.1, 0.15) is 68.4 Å². The number of nitrogens with zero attached hydrogens (tertiary/aromatic N) is 4. The summed E-state index contributed by atoms with van der Waals surface area (Å²) in [5, 5.41) is 12.7. The van der Waals surface area contributed by atoms with Gasteiger partial charge in [0.1, 0.15) is 12.1 Å². The number of nitrogens with one attached hydrogen (secondary N) is 4. The van der Waals surface area contributed by atoms with E-state index in [9.17, 15) is 24.0 Å². The maximum absolute atomic E-state index is 14.6. The number of anilines is 1. The molecule has 1 fully saturated rings. The number of piperazine rings is 1. The third kappa shape index (κ3) is 11.3. The molecule has 4 N–H and O–H groups in total. The number of amides is 6. The first-order valence-corrected chi connectivity index (χ1v) is 18.9. The van der Waals surface area contributed by atoms with Crippen LogP contribution in [0.2, 0.25) is 0 Å². The molecule has 0 saturated carbocycles. The van der Waals surface area contributed by atoms with Gasteiger partial charge in [-0.15, -0.1) is 11.3 Å². The molecule has 0 radical (unpaired) electrons. The average Bonchev–Trinajstić information content (AvgIpc) is 3.60. The standard InChI is InChI=1S/C37H50N8O5S2/c1-24(2)39-34(48)28-17-15-26(16-18-28)29-23-52-36(40-29)42-33(47)25(3)45(31(51)14-10-9-13-30(46)38-4)35(49)32(27-11-7-6-8-12-27)41-37(50)44-21-19-43(5)20-22-44/h6-8,11-12,15-18,23-25,31-32,51H,9-10,13-14,19-22H2,1-5H3,(H,38,46)(H,39,48)(H,41,50)(H,40,42,47)/t25-,31?,32+/m0/s1. The number of unbranched alkanes of at least 4 members (excludes halogenated alkanes) is 1. The number of urea groups is 1. The normalized spacial score (nSPS) is 14.9. The Morgan fingerprint density at radius 2 is 1.60 bits per heavy atom. The third-order valence-corrected chi connectivity index (χ3v) is 10.1. The highest BCUT2D eigenvalue weighted by Crippen LogP contribution is 2.28. The van der Waals surface area contributed by atoms with Gasteiger partial charge < -0.3 is 36.0 Å². The van der Waals surface area contributed by atoms with Crippen LogP contribution in [0.4, 0.5) is 9.93 Å². The van der Waals surface area contributed by atoms with E-state index in [1.54, 1.807) is 72.8 Å². The van der Waals surface area contributed by atoms with Crippen LogP contribution in [0.25, 0.3) is 11.3 Å². The average molecular weight is 751 g/mol. The number of benzene rings is 2. The van der Waals surface area contributed by atoms with Gasteiger partial charge in [-0.1, -0.05) is 48.9 Å². The zero-order valence-corrected chi connectivity index (χ0v) is 32.1. The summed E-state index contributed by atoms with van der Waals surface area (Å²) in [6.45, 7) is 7.90. The summed E-state index contributed by atoms with van der Waals surface area (Å²) in [4.78, 5) is 76.0. The summed E-state index contributed by atoms with van der Waals surface area (Å²) in [5.74, 6) is -1.20. The van der Waals surface area contributed by atoms with Crippen LogP contribution in [-0.4, -0.2) is 107 Å². The molecule has 3 aromatic rings. The van der Waals surface area contributed by atoms with E-state index in [0.717, 1.165) is 5.56 Å². The molecule has 2 aromatic carbocycles. The van der Waals surface area contributed by atoms with E-state index in [-0.39, 0.29) is 23.9 Å². The molecule has 0 bridgehead atoms. The molecule has 0 spiro atoms. The first-order valence-electron chi connectivity index (χ1n) is 17.5. The minimum Gasteiger partial charge on any atom is -0.359 e. The molecule has 1 aliphatic rings. The molecule has 52 heavy (non-hydrogen) atoms. The number of hydrogen-bond acceptors (Lipinski definition) is 9. The topological polar surface area (TPSA) is 156 Å². The number of rotatable bonds is 15. The van der Waals surface area contributed by atoms with Gasteiger partial charge in [0.15, 0.2) is 5.13 Å². The molecule has 280 valence electrons. The summed E-state index contributed by atoms with van der Waals surface area (Å²) in [7, 11) is 3.58. The van der Waals surface area contributed by atoms with Crippen molar-refractivity contribution >= 4 is 58.8 Å². The summed E-state index contributed by atoms with van der Waals surface area (Å²) < 4.78 is 0. The predicted octanol–water partition coefficient (Wildman–Crippen LogP) is 4.36. The van der Waals surface area contributed by atoms with Crippen molar-refractivity contribution in [3.05, 3.63) is 71.1 Å². The van der Waals surface area contributed by atoms with Crippen LogP contribution in [0.5, 0.6) is 0 Å². The molecular weight excluding hydrogens is 701 g/mol. The first kappa shape index (κ1) is 40.3. The molecule has 15 heteroatoms. The SMILES string of the molecule is CNC(=O)CCCCC(S)N(C(=O)[C@H](NC(=O)N1CCN(C)CC1)c1ccccc1)[C@@H](C)C(=O)Nc1nc(-c2ccc(C(=O)NC(C)C)cc2)cs1. The van der Waals surface area contributed by atoms with E-state index in [1.165, 1.54) is 16.2 Å². The van der Waals surface area contributed by atoms with Gasteiger partial charge >= 0.3 is 6.03 Å². The molecule has 1 saturated heterocycles. The lowest BCUT2D eigenvalue weighted by Gasteiger charge is -2.37. The highest BCUT2D eigenvalue weighted by Gasteiger charge is 2.37. The highest BCUT2D eigenvalue weighted by atomic mass is 32.1. The van der Waals surface area contributed by atoms with Crippen LogP contribution >= 0.6 is 24.0 Å². The minimum absolute atomic E-state index is 0.0161. The van der Waals surface area contributed by atoms with Gasteiger partial charge in [0, 0.05) is 62.2 Å². The maximum atomic E-state index is 14.6. The Bertz CT molecular complexity index is 1660. The Kier molecular flexibility index (Phi) is 15.0. The Morgan fingerprint density at radius 3 is 2.23 bits per heavy atom. The van der Waals surface area contributed by atoms with Gasteiger partial charge in [0.2, 0.25) is 11.8 Å². The van der Waals surface area contributed by atoms with Crippen molar-refractivity contribution < 1.29 is 24.0 Å². The summed E-state index contributed by atoms with van der Waals surface area (Å²) in [5.41, 5.74) is 2.50. The third-order valence-electron chi connectivity index (χ3n) is 8.80. The summed E-state index contributed by atoms with van der Waals surface area (Å²) >= 11 is 6.07. The summed E-state index contributed by atoms with van der Waals surface area (Å²) in [6, 6.07) is 13.6.